The van der Waals surface area contributed by atoms with Gasteiger partial charge in [-0.15, -0.1) is 0 Å². The van der Waals surface area contributed by atoms with Gasteiger partial charge in [0, 0.05) is 12.5 Å². The summed E-state index contributed by atoms with van der Waals surface area (Å²) >= 11 is 0. The van der Waals surface area contributed by atoms with Crippen LogP contribution in [0, 0.1) is 5.92 Å². The van der Waals surface area contributed by atoms with Gasteiger partial charge in [-0.1, -0.05) is 30.3 Å². The third-order valence-corrected chi connectivity index (χ3v) is 3.55. The fraction of sp³-hybridized carbons (Fsp3) is 0.500. The van der Waals surface area contributed by atoms with Crippen LogP contribution in [0.5, 0.6) is 0 Å². The number of hydrogen-bond acceptors (Lipinski definition) is 5. The van der Waals surface area contributed by atoms with Crippen LogP contribution < -0.4 is 5.32 Å². The lowest BCUT2D eigenvalue weighted by Crippen LogP contribution is -2.43. The first-order valence-electron chi connectivity index (χ1n) is 6.56. The van der Waals surface area contributed by atoms with Crippen LogP contribution in [0.25, 0.3) is 0 Å². The fourth-order valence-electron chi connectivity index (χ4n) is 2.36. The molecule has 1 aromatic rings. The van der Waals surface area contributed by atoms with Crippen molar-refractivity contribution in [3.63, 3.8) is 0 Å². The van der Waals surface area contributed by atoms with Crippen LogP contribution in [0.3, 0.4) is 0 Å². The van der Waals surface area contributed by atoms with Crippen LogP contribution in [0.2, 0.25) is 0 Å². The second-order valence-corrected chi connectivity index (χ2v) is 4.97. The first-order valence-corrected chi connectivity index (χ1v) is 6.56. The number of aliphatic hydroxyl groups is 3. The summed E-state index contributed by atoms with van der Waals surface area (Å²) in [5, 5.41) is 31.0. The Balaban J connectivity index is 1.80. The van der Waals surface area contributed by atoms with Gasteiger partial charge in [0.15, 0.2) is 0 Å². The van der Waals surface area contributed by atoms with Crippen LogP contribution in [0.4, 0.5) is 4.79 Å². The molecule has 0 bridgehead atoms. The van der Waals surface area contributed by atoms with E-state index in [2.05, 4.69) is 5.32 Å². The van der Waals surface area contributed by atoms with E-state index in [0.29, 0.717) is 6.42 Å². The maximum Gasteiger partial charge on any atom is 0.407 e. The van der Waals surface area contributed by atoms with Gasteiger partial charge >= 0.3 is 6.09 Å². The topological polar surface area (TPSA) is 99.0 Å². The maximum atomic E-state index is 11.6. The standard InChI is InChI=1S/C14H19NO5/c16-7-10-6-11(13(18)12(10)17)15-14(19)20-8-9-4-2-1-3-5-9/h1-5,10-13,16-18H,6-8H2,(H,15,19)/t10-,11-,12-,13+/m0/s1. The van der Waals surface area contributed by atoms with Crippen molar-refractivity contribution in [2.45, 2.75) is 31.3 Å². The Labute approximate surface area is 117 Å². The molecule has 0 heterocycles. The number of alkyl carbamates (subject to hydrolysis) is 1. The maximum absolute atomic E-state index is 11.6. The lowest BCUT2D eigenvalue weighted by Gasteiger charge is -2.17. The number of benzene rings is 1. The number of carbonyl (C=O) groups excluding carboxylic acids is 1. The Morgan fingerprint density at radius 2 is 1.95 bits per heavy atom. The number of amides is 1. The predicted octanol–water partition coefficient (Wildman–Crippen LogP) is 0.0154. The zero-order valence-corrected chi connectivity index (χ0v) is 11.0. The first-order chi connectivity index (χ1) is 9.61. The summed E-state index contributed by atoms with van der Waals surface area (Å²) in [5.74, 6) is -0.426. The molecule has 6 nitrogen and oxygen atoms in total. The largest absolute Gasteiger partial charge is 0.445 e. The molecule has 1 aromatic carbocycles. The summed E-state index contributed by atoms with van der Waals surface area (Å²) < 4.78 is 5.04. The zero-order valence-electron chi connectivity index (χ0n) is 11.0. The molecule has 6 heteroatoms. The highest BCUT2D eigenvalue weighted by Gasteiger charge is 2.41. The molecular weight excluding hydrogens is 262 g/mol. The summed E-state index contributed by atoms with van der Waals surface area (Å²) in [7, 11) is 0. The van der Waals surface area contributed by atoms with Crippen molar-refractivity contribution in [3.8, 4) is 0 Å². The van der Waals surface area contributed by atoms with E-state index in [1.807, 2.05) is 30.3 Å². The highest BCUT2D eigenvalue weighted by atomic mass is 16.5. The van der Waals surface area contributed by atoms with Crippen LogP contribution in [0.15, 0.2) is 30.3 Å². The fourth-order valence-corrected chi connectivity index (χ4v) is 2.36. The van der Waals surface area contributed by atoms with Gasteiger partial charge in [0.1, 0.15) is 12.7 Å². The molecule has 1 aliphatic carbocycles. The van der Waals surface area contributed by atoms with Gasteiger partial charge in [0.25, 0.3) is 0 Å². The molecule has 1 saturated carbocycles. The van der Waals surface area contributed by atoms with Gasteiger partial charge in [0.05, 0.1) is 12.1 Å². The summed E-state index contributed by atoms with van der Waals surface area (Å²) in [6.45, 7) is -0.0864. The van der Waals surface area contributed by atoms with Crippen molar-refractivity contribution in [3.05, 3.63) is 35.9 Å². The molecule has 1 fully saturated rings. The third kappa shape index (κ3) is 3.47. The number of nitrogens with one attached hydrogen (secondary N) is 1. The Kier molecular flexibility index (Phi) is 4.94. The smallest absolute Gasteiger partial charge is 0.407 e. The number of carbonyl (C=O) groups is 1. The van der Waals surface area contributed by atoms with E-state index in [4.69, 9.17) is 9.84 Å². The van der Waals surface area contributed by atoms with E-state index in [-0.39, 0.29) is 13.2 Å². The SMILES string of the molecule is O=C(N[C@H]1C[C@@H](CO)[C@H](O)[C@@H]1O)OCc1ccccc1. The minimum Gasteiger partial charge on any atom is -0.445 e. The van der Waals surface area contributed by atoms with Crippen molar-refractivity contribution in [1.82, 2.24) is 5.32 Å². The molecule has 2 rings (SSSR count). The van der Waals surface area contributed by atoms with E-state index in [0.717, 1.165) is 5.56 Å². The lowest BCUT2D eigenvalue weighted by molar-refractivity contribution is -0.000369. The minimum atomic E-state index is -1.09. The van der Waals surface area contributed by atoms with E-state index >= 15 is 0 Å². The van der Waals surface area contributed by atoms with Gasteiger partial charge in [-0.2, -0.15) is 0 Å². The molecule has 4 atom stereocenters. The first kappa shape index (κ1) is 14.8. The van der Waals surface area contributed by atoms with Crippen molar-refractivity contribution in [2.24, 2.45) is 5.92 Å². The van der Waals surface area contributed by atoms with E-state index in [9.17, 15) is 15.0 Å². The van der Waals surface area contributed by atoms with Gasteiger partial charge in [-0.3, -0.25) is 0 Å². The highest BCUT2D eigenvalue weighted by molar-refractivity contribution is 5.67. The zero-order chi connectivity index (χ0) is 14.5. The Morgan fingerprint density at radius 3 is 2.55 bits per heavy atom. The Hall–Kier alpha value is -1.63. The molecule has 0 aromatic heterocycles. The second-order valence-electron chi connectivity index (χ2n) is 4.97. The average molecular weight is 281 g/mol. The van der Waals surface area contributed by atoms with Crippen LogP contribution >= 0.6 is 0 Å². The number of rotatable bonds is 4. The quantitative estimate of drug-likeness (QED) is 0.623. The second kappa shape index (κ2) is 6.69. The van der Waals surface area contributed by atoms with Crippen molar-refractivity contribution in [2.75, 3.05) is 6.61 Å². The predicted molar refractivity (Wildman–Crippen MR) is 70.8 cm³/mol. The minimum absolute atomic E-state index is 0.140. The van der Waals surface area contributed by atoms with E-state index in [1.54, 1.807) is 0 Å². The summed E-state index contributed by atoms with van der Waals surface area (Å²) in [6.07, 6.45) is -2.45. The molecule has 1 amide bonds. The molecule has 110 valence electrons. The van der Waals surface area contributed by atoms with Crippen molar-refractivity contribution >= 4 is 6.09 Å². The normalized spacial score (nSPS) is 29.1. The van der Waals surface area contributed by atoms with Gasteiger partial charge < -0.3 is 25.4 Å². The highest BCUT2D eigenvalue weighted by Crippen LogP contribution is 2.26. The summed E-state index contributed by atoms with van der Waals surface area (Å²) in [4.78, 5) is 11.6. The average Bonchev–Trinajstić information content (AvgIpc) is 2.74. The van der Waals surface area contributed by atoms with Gasteiger partial charge in [-0.05, 0) is 12.0 Å². The molecule has 1 aliphatic rings. The molecule has 0 spiro atoms. The van der Waals surface area contributed by atoms with Crippen LogP contribution in [0.1, 0.15) is 12.0 Å². The summed E-state index contributed by atoms with van der Waals surface area (Å²) in [5.41, 5.74) is 0.864. The molecule has 20 heavy (non-hydrogen) atoms. The number of ether oxygens (including phenoxy) is 1. The van der Waals surface area contributed by atoms with Crippen molar-refractivity contribution < 1.29 is 24.9 Å². The van der Waals surface area contributed by atoms with Crippen LogP contribution in [-0.4, -0.2) is 46.3 Å². The molecule has 0 aliphatic heterocycles. The van der Waals surface area contributed by atoms with Gasteiger partial charge in [-0.25, -0.2) is 4.79 Å². The van der Waals surface area contributed by atoms with Crippen molar-refractivity contribution in [1.29, 1.82) is 0 Å². The Bertz CT molecular complexity index is 438. The molecule has 0 radical (unpaired) electrons. The van der Waals surface area contributed by atoms with E-state index < -0.39 is 30.3 Å². The Morgan fingerprint density at radius 1 is 1.25 bits per heavy atom. The molecule has 4 N–H and O–H groups in total. The lowest BCUT2D eigenvalue weighted by atomic mass is 10.1. The van der Waals surface area contributed by atoms with Gasteiger partial charge in [0.2, 0.25) is 0 Å². The number of hydrogen-bond donors (Lipinski definition) is 4. The molecule has 0 saturated heterocycles. The molecular formula is C14H19NO5. The molecule has 0 unspecified atom stereocenters. The van der Waals surface area contributed by atoms with E-state index in [1.165, 1.54) is 0 Å². The third-order valence-electron chi connectivity index (χ3n) is 3.55. The summed E-state index contributed by atoms with van der Waals surface area (Å²) in [6, 6.07) is 8.63. The number of aliphatic hydroxyl groups excluding tert-OH is 3. The van der Waals surface area contributed by atoms with Crippen LogP contribution in [-0.2, 0) is 11.3 Å². The monoisotopic (exact) mass is 281 g/mol.